The number of carbonyl (C=O) groups excluding carboxylic acids is 2. The highest BCUT2D eigenvalue weighted by atomic mass is 16.5. The highest BCUT2D eigenvalue weighted by Gasteiger charge is 2.16. The van der Waals surface area contributed by atoms with Crippen molar-refractivity contribution in [1.82, 2.24) is 0 Å². The summed E-state index contributed by atoms with van der Waals surface area (Å²) in [5.74, 6) is 1.29. The number of hydrogen-bond acceptors (Lipinski definition) is 3. The maximum Gasteiger partial charge on any atom is 0.255 e. The molecule has 4 rings (SSSR count). The van der Waals surface area contributed by atoms with Crippen molar-refractivity contribution in [1.29, 1.82) is 0 Å². The number of rotatable bonds is 4. The van der Waals surface area contributed by atoms with Crippen LogP contribution in [0, 0.1) is 6.92 Å². The molecule has 5 heteroatoms. The van der Waals surface area contributed by atoms with E-state index in [1.165, 1.54) is 5.56 Å². The minimum absolute atomic E-state index is 0.0117. The van der Waals surface area contributed by atoms with Crippen molar-refractivity contribution in [3.63, 3.8) is 0 Å². The molecular formula is C23H20N2O3. The van der Waals surface area contributed by atoms with E-state index in [2.05, 4.69) is 10.6 Å². The Labute approximate surface area is 163 Å². The molecule has 1 aliphatic rings. The lowest BCUT2D eigenvalue weighted by Gasteiger charge is -2.17. The standard InChI is InChI=1S/C23H20N2O3/c1-15-2-8-19(9-3-15)28-20-10-6-18(7-11-20)24-23(27)17-4-12-21-16(14-17)5-13-22(26)25-21/h2-4,6-12,14H,5,13H2,1H3,(H,24,27)(H,25,26). The largest absolute Gasteiger partial charge is 0.457 e. The molecule has 1 heterocycles. The first-order chi connectivity index (χ1) is 13.6. The Kier molecular flexibility index (Phi) is 4.81. The Bertz CT molecular complexity index is 1020. The van der Waals surface area contributed by atoms with Gasteiger partial charge in [-0.1, -0.05) is 17.7 Å². The third-order valence-corrected chi connectivity index (χ3v) is 4.63. The number of anilines is 2. The molecule has 28 heavy (non-hydrogen) atoms. The summed E-state index contributed by atoms with van der Waals surface area (Å²) in [6, 6.07) is 20.4. The number of nitrogens with one attached hydrogen (secondary N) is 2. The normalized spacial score (nSPS) is 12.7. The number of hydrogen-bond donors (Lipinski definition) is 2. The molecule has 0 spiro atoms. The van der Waals surface area contributed by atoms with Gasteiger partial charge in [-0.2, -0.15) is 0 Å². The van der Waals surface area contributed by atoms with E-state index in [1.807, 2.05) is 49.4 Å². The summed E-state index contributed by atoms with van der Waals surface area (Å²) in [6.07, 6.45) is 1.09. The van der Waals surface area contributed by atoms with Crippen LogP contribution in [0.15, 0.2) is 66.7 Å². The first-order valence-electron chi connectivity index (χ1n) is 9.15. The predicted octanol–water partition coefficient (Wildman–Crippen LogP) is 4.92. The number of aryl methyl sites for hydroxylation is 2. The monoisotopic (exact) mass is 372 g/mol. The topological polar surface area (TPSA) is 67.4 Å². The van der Waals surface area contributed by atoms with Gasteiger partial charge < -0.3 is 15.4 Å². The second kappa shape index (κ2) is 7.56. The molecule has 2 N–H and O–H groups in total. The molecule has 0 radical (unpaired) electrons. The third-order valence-electron chi connectivity index (χ3n) is 4.63. The molecule has 0 fully saturated rings. The second-order valence-corrected chi connectivity index (χ2v) is 6.81. The zero-order valence-corrected chi connectivity index (χ0v) is 15.5. The van der Waals surface area contributed by atoms with E-state index in [0.717, 1.165) is 17.0 Å². The minimum Gasteiger partial charge on any atom is -0.457 e. The van der Waals surface area contributed by atoms with Crippen LogP contribution in [-0.2, 0) is 11.2 Å². The van der Waals surface area contributed by atoms with Gasteiger partial charge >= 0.3 is 0 Å². The molecule has 2 amide bonds. The lowest BCUT2D eigenvalue weighted by Crippen LogP contribution is -2.20. The zero-order chi connectivity index (χ0) is 19.5. The Morgan fingerprint density at radius 3 is 2.32 bits per heavy atom. The van der Waals surface area contributed by atoms with Gasteiger partial charge in [-0.25, -0.2) is 0 Å². The maximum absolute atomic E-state index is 12.5. The number of carbonyl (C=O) groups is 2. The first-order valence-corrected chi connectivity index (χ1v) is 9.15. The van der Waals surface area contributed by atoms with Crippen LogP contribution in [0.5, 0.6) is 11.5 Å². The van der Waals surface area contributed by atoms with Crippen LogP contribution in [-0.4, -0.2) is 11.8 Å². The van der Waals surface area contributed by atoms with Gasteiger partial charge in [0.2, 0.25) is 5.91 Å². The van der Waals surface area contributed by atoms with Crippen molar-refractivity contribution in [2.75, 3.05) is 10.6 Å². The Balaban J connectivity index is 1.42. The highest BCUT2D eigenvalue weighted by Crippen LogP contribution is 2.25. The molecule has 0 atom stereocenters. The van der Waals surface area contributed by atoms with Gasteiger partial charge in [0.1, 0.15) is 11.5 Å². The van der Waals surface area contributed by atoms with Crippen molar-refractivity contribution in [2.45, 2.75) is 19.8 Å². The molecular weight excluding hydrogens is 352 g/mol. The summed E-state index contributed by atoms with van der Waals surface area (Å²) in [5, 5.41) is 5.71. The van der Waals surface area contributed by atoms with Crippen molar-refractivity contribution in [3.8, 4) is 11.5 Å². The number of amides is 2. The molecule has 3 aromatic rings. The number of benzene rings is 3. The molecule has 0 saturated heterocycles. The summed E-state index contributed by atoms with van der Waals surface area (Å²) in [7, 11) is 0. The zero-order valence-electron chi connectivity index (χ0n) is 15.5. The summed E-state index contributed by atoms with van der Waals surface area (Å²) in [6.45, 7) is 2.03. The van der Waals surface area contributed by atoms with Crippen molar-refractivity contribution in [3.05, 3.63) is 83.4 Å². The van der Waals surface area contributed by atoms with Gasteiger partial charge in [0, 0.05) is 23.4 Å². The van der Waals surface area contributed by atoms with Crippen LogP contribution >= 0.6 is 0 Å². The van der Waals surface area contributed by atoms with E-state index in [9.17, 15) is 9.59 Å². The van der Waals surface area contributed by atoms with Crippen LogP contribution in [0.3, 0.4) is 0 Å². The third kappa shape index (κ3) is 4.04. The second-order valence-electron chi connectivity index (χ2n) is 6.81. The highest BCUT2D eigenvalue weighted by molar-refractivity contribution is 6.05. The number of ether oxygens (including phenoxy) is 1. The Morgan fingerprint density at radius 1 is 0.929 bits per heavy atom. The van der Waals surface area contributed by atoms with Crippen LogP contribution in [0.2, 0.25) is 0 Å². The lowest BCUT2D eigenvalue weighted by molar-refractivity contribution is -0.116. The van der Waals surface area contributed by atoms with E-state index in [0.29, 0.717) is 29.8 Å². The van der Waals surface area contributed by atoms with Crippen LogP contribution in [0.1, 0.15) is 27.9 Å². The average molecular weight is 372 g/mol. The van der Waals surface area contributed by atoms with Crippen LogP contribution in [0.4, 0.5) is 11.4 Å². The Hall–Kier alpha value is -3.60. The smallest absolute Gasteiger partial charge is 0.255 e. The molecule has 0 saturated carbocycles. The molecule has 140 valence electrons. The van der Waals surface area contributed by atoms with Crippen molar-refractivity contribution in [2.24, 2.45) is 0 Å². The van der Waals surface area contributed by atoms with Gasteiger partial charge in [-0.15, -0.1) is 0 Å². The molecule has 0 aromatic heterocycles. The fourth-order valence-electron chi connectivity index (χ4n) is 3.08. The van der Waals surface area contributed by atoms with Gasteiger partial charge in [0.25, 0.3) is 5.91 Å². The summed E-state index contributed by atoms with van der Waals surface area (Å²) >= 11 is 0. The van der Waals surface area contributed by atoms with Crippen LogP contribution in [0.25, 0.3) is 0 Å². The molecule has 3 aromatic carbocycles. The van der Waals surface area contributed by atoms with Gasteiger partial charge in [-0.05, 0) is 73.5 Å². The van der Waals surface area contributed by atoms with Crippen LogP contribution < -0.4 is 15.4 Å². The predicted molar refractivity (Wildman–Crippen MR) is 109 cm³/mol. The summed E-state index contributed by atoms with van der Waals surface area (Å²) < 4.78 is 5.80. The van der Waals surface area contributed by atoms with E-state index in [-0.39, 0.29) is 11.8 Å². The summed E-state index contributed by atoms with van der Waals surface area (Å²) in [5.41, 5.74) is 4.19. The number of fused-ring (bicyclic) bond motifs is 1. The van der Waals surface area contributed by atoms with Crippen molar-refractivity contribution < 1.29 is 14.3 Å². The molecule has 5 nitrogen and oxygen atoms in total. The van der Waals surface area contributed by atoms with Gasteiger partial charge in [0.05, 0.1) is 0 Å². The molecule has 1 aliphatic heterocycles. The SMILES string of the molecule is Cc1ccc(Oc2ccc(NC(=O)c3ccc4c(c3)CCC(=O)N4)cc2)cc1. The molecule has 0 aliphatic carbocycles. The van der Waals surface area contributed by atoms with E-state index < -0.39 is 0 Å². The van der Waals surface area contributed by atoms with E-state index in [4.69, 9.17) is 4.74 Å². The van der Waals surface area contributed by atoms with E-state index >= 15 is 0 Å². The average Bonchev–Trinajstić information content (AvgIpc) is 2.70. The molecule has 0 unspecified atom stereocenters. The Morgan fingerprint density at radius 2 is 1.61 bits per heavy atom. The fraction of sp³-hybridized carbons (Fsp3) is 0.130. The maximum atomic E-state index is 12.5. The quantitative estimate of drug-likeness (QED) is 0.683. The van der Waals surface area contributed by atoms with E-state index in [1.54, 1.807) is 24.3 Å². The first kappa shape index (κ1) is 17.8. The van der Waals surface area contributed by atoms with Gasteiger partial charge in [0.15, 0.2) is 0 Å². The lowest BCUT2D eigenvalue weighted by atomic mass is 10.00. The minimum atomic E-state index is -0.188. The fourth-order valence-corrected chi connectivity index (χ4v) is 3.08. The molecule has 0 bridgehead atoms. The van der Waals surface area contributed by atoms with Crippen molar-refractivity contribution >= 4 is 23.2 Å². The van der Waals surface area contributed by atoms with Gasteiger partial charge in [-0.3, -0.25) is 9.59 Å². The summed E-state index contributed by atoms with van der Waals surface area (Å²) in [4.78, 5) is 24.0.